The van der Waals surface area contributed by atoms with E-state index in [2.05, 4.69) is 15.6 Å². The number of carbonyl (C=O) groups is 2. The molecule has 2 amide bonds. The lowest BCUT2D eigenvalue weighted by atomic mass is 10.1. The molecule has 0 saturated heterocycles. The monoisotopic (exact) mass is 413 g/mol. The molecule has 0 radical (unpaired) electrons. The average molecular weight is 413 g/mol. The topological polar surface area (TPSA) is 80.3 Å². The van der Waals surface area contributed by atoms with Gasteiger partial charge in [0, 0.05) is 24.0 Å². The molecule has 150 valence electrons. The van der Waals surface area contributed by atoms with E-state index in [1.165, 1.54) is 23.5 Å². The Bertz CT molecular complexity index is 989. The first-order valence-electron chi connectivity index (χ1n) is 8.94. The van der Waals surface area contributed by atoms with Crippen molar-refractivity contribution in [3.05, 3.63) is 71.0 Å². The second kappa shape index (κ2) is 9.79. The number of amides is 2. The summed E-state index contributed by atoms with van der Waals surface area (Å²) < 4.78 is 18.3. The van der Waals surface area contributed by atoms with Crippen molar-refractivity contribution in [2.75, 3.05) is 20.2 Å². The van der Waals surface area contributed by atoms with E-state index in [0.717, 1.165) is 16.3 Å². The van der Waals surface area contributed by atoms with Gasteiger partial charge < -0.3 is 15.4 Å². The molecule has 0 aliphatic carbocycles. The number of nitrogens with one attached hydrogen (secondary N) is 2. The Balaban J connectivity index is 1.43. The summed E-state index contributed by atoms with van der Waals surface area (Å²) in [6.45, 7) is 0.540. The first kappa shape index (κ1) is 20.5. The number of hydrogen-bond acceptors (Lipinski definition) is 5. The van der Waals surface area contributed by atoms with Gasteiger partial charge in [0.15, 0.2) is 0 Å². The molecule has 2 N–H and O–H groups in total. The fourth-order valence-corrected chi connectivity index (χ4v) is 3.41. The van der Waals surface area contributed by atoms with E-state index in [4.69, 9.17) is 4.74 Å². The molecule has 0 bridgehead atoms. The first-order valence-corrected chi connectivity index (χ1v) is 9.82. The Labute approximate surface area is 171 Å². The fraction of sp³-hybridized carbons (Fsp3) is 0.190. The van der Waals surface area contributed by atoms with Crippen LogP contribution in [0.15, 0.2) is 53.9 Å². The van der Waals surface area contributed by atoms with Gasteiger partial charge in [-0.3, -0.25) is 9.59 Å². The zero-order valence-electron chi connectivity index (χ0n) is 15.8. The molecule has 0 fully saturated rings. The van der Waals surface area contributed by atoms with Gasteiger partial charge in [-0.15, -0.1) is 11.3 Å². The maximum Gasteiger partial charge on any atom is 0.270 e. The van der Waals surface area contributed by atoms with E-state index in [1.807, 2.05) is 24.3 Å². The number of ether oxygens (including phenoxy) is 1. The van der Waals surface area contributed by atoms with Crippen LogP contribution in [0.4, 0.5) is 4.39 Å². The molecule has 0 aliphatic rings. The maximum atomic E-state index is 13.1. The predicted octanol–water partition coefficient (Wildman–Crippen LogP) is 3.05. The Morgan fingerprint density at radius 2 is 1.86 bits per heavy atom. The number of aromatic nitrogens is 1. The van der Waals surface area contributed by atoms with Crippen molar-refractivity contribution < 1.29 is 18.7 Å². The SMILES string of the molecule is COc1ccc(-c2nc(C(=O)NCCNC(=O)Cc3cccc(F)c3)cs2)cc1. The minimum absolute atomic E-state index is 0.0863. The highest BCUT2D eigenvalue weighted by atomic mass is 32.1. The van der Waals surface area contributed by atoms with Crippen LogP contribution in [0.2, 0.25) is 0 Å². The number of halogens is 1. The lowest BCUT2D eigenvalue weighted by molar-refractivity contribution is -0.120. The lowest BCUT2D eigenvalue weighted by Gasteiger charge is -2.06. The van der Waals surface area contributed by atoms with Gasteiger partial charge in [0.2, 0.25) is 5.91 Å². The Hall–Kier alpha value is -3.26. The molecule has 0 saturated carbocycles. The van der Waals surface area contributed by atoms with Gasteiger partial charge in [-0.25, -0.2) is 9.37 Å². The highest BCUT2D eigenvalue weighted by molar-refractivity contribution is 7.13. The van der Waals surface area contributed by atoms with Crippen molar-refractivity contribution >= 4 is 23.2 Å². The van der Waals surface area contributed by atoms with Gasteiger partial charge >= 0.3 is 0 Å². The smallest absolute Gasteiger partial charge is 0.270 e. The van der Waals surface area contributed by atoms with Crippen LogP contribution in [0.3, 0.4) is 0 Å². The van der Waals surface area contributed by atoms with Crippen LogP contribution < -0.4 is 15.4 Å². The number of thiazole rings is 1. The standard InChI is InChI=1S/C21H20FN3O3S/c1-28-17-7-5-15(6-8-17)21-25-18(13-29-21)20(27)24-10-9-23-19(26)12-14-3-2-4-16(22)11-14/h2-8,11,13H,9-10,12H2,1H3,(H,23,26)(H,24,27). The van der Waals surface area contributed by atoms with Crippen LogP contribution in [0.25, 0.3) is 10.6 Å². The Kier molecular flexibility index (Phi) is 6.91. The molecule has 0 aliphatic heterocycles. The number of nitrogens with zero attached hydrogens (tertiary/aromatic N) is 1. The molecular formula is C21H20FN3O3S. The molecule has 1 aromatic heterocycles. The Morgan fingerprint density at radius 1 is 1.10 bits per heavy atom. The summed E-state index contributed by atoms with van der Waals surface area (Å²) in [6.07, 6.45) is 0.0863. The summed E-state index contributed by atoms with van der Waals surface area (Å²) in [6, 6.07) is 13.3. The van der Waals surface area contributed by atoms with Crippen molar-refractivity contribution in [1.82, 2.24) is 15.6 Å². The second-order valence-electron chi connectivity index (χ2n) is 6.18. The van der Waals surface area contributed by atoms with Crippen LogP contribution in [-0.4, -0.2) is 37.0 Å². The van der Waals surface area contributed by atoms with Crippen LogP contribution in [0.1, 0.15) is 16.1 Å². The first-order chi connectivity index (χ1) is 14.0. The highest BCUT2D eigenvalue weighted by Crippen LogP contribution is 2.25. The quantitative estimate of drug-likeness (QED) is 0.557. The van der Waals surface area contributed by atoms with Crippen LogP contribution in [0, 0.1) is 5.82 Å². The van der Waals surface area contributed by atoms with Gasteiger partial charge in [-0.2, -0.15) is 0 Å². The number of benzene rings is 2. The zero-order chi connectivity index (χ0) is 20.6. The molecular weight excluding hydrogens is 393 g/mol. The molecule has 0 atom stereocenters. The van der Waals surface area contributed by atoms with Crippen molar-refractivity contribution in [3.8, 4) is 16.3 Å². The summed E-state index contributed by atoms with van der Waals surface area (Å²) in [7, 11) is 1.60. The lowest BCUT2D eigenvalue weighted by Crippen LogP contribution is -2.35. The van der Waals surface area contributed by atoms with Gasteiger partial charge in [-0.1, -0.05) is 12.1 Å². The summed E-state index contributed by atoms with van der Waals surface area (Å²) in [5, 5.41) is 7.84. The maximum absolute atomic E-state index is 13.1. The summed E-state index contributed by atoms with van der Waals surface area (Å²) in [4.78, 5) is 28.5. The largest absolute Gasteiger partial charge is 0.497 e. The van der Waals surface area contributed by atoms with Crippen molar-refractivity contribution in [1.29, 1.82) is 0 Å². The minimum atomic E-state index is -0.375. The molecule has 3 rings (SSSR count). The number of methoxy groups -OCH3 is 1. The van der Waals surface area contributed by atoms with Gasteiger partial charge in [0.1, 0.15) is 22.3 Å². The summed E-state index contributed by atoms with van der Waals surface area (Å²) in [5.41, 5.74) is 1.83. The van der Waals surface area contributed by atoms with E-state index in [9.17, 15) is 14.0 Å². The average Bonchev–Trinajstić information content (AvgIpc) is 3.21. The van der Waals surface area contributed by atoms with Crippen molar-refractivity contribution in [3.63, 3.8) is 0 Å². The molecule has 8 heteroatoms. The zero-order valence-corrected chi connectivity index (χ0v) is 16.6. The second-order valence-corrected chi connectivity index (χ2v) is 7.04. The molecule has 2 aromatic carbocycles. The third-order valence-electron chi connectivity index (χ3n) is 4.06. The summed E-state index contributed by atoms with van der Waals surface area (Å²) >= 11 is 1.38. The van der Waals surface area contributed by atoms with Crippen molar-refractivity contribution in [2.24, 2.45) is 0 Å². The van der Waals surface area contributed by atoms with E-state index in [-0.39, 0.29) is 37.1 Å². The van der Waals surface area contributed by atoms with Crippen LogP contribution in [0.5, 0.6) is 5.75 Å². The normalized spacial score (nSPS) is 10.4. The van der Waals surface area contributed by atoms with Gasteiger partial charge in [0.25, 0.3) is 5.91 Å². The molecule has 3 aromatic rings. The van der Waals surface area contributed by atoms with E-state index in [1.54, 1.807) is 24.6 Å². The van der Waals surface area contributed by atoms with Gasteiger partial charge in [-0.05, 0) is 42.0 Å². The molecule has 29 heavy (non-hydrogen) atoms. The fourth-order valence-electron chi connectivity index (χ4n) is 2.61. The van der Waals surface area contributed by atoms with Crippen LogP contribution in [-0.2, 0) is 11.2 Å². The molecule has 1 heterocycles. The van der Waals surface area contributed by atoms with E-state index >= 15 is 0 Å². The van der Waals surface area contributed by atoms with E-state index < -0.39 is 0 Å². The summed E-state index contributed by atoms with van der Waals surface area (Å²) in [5.74, 6) is -0.164. The van der Waals surface area contributed by atoms with Crippen LogP contribution >= 0.6 is 11.3 Å². The third kappa shape index (κ3) is 5.86. The van der Waals surface area contributed by atoms with Gasteiger partial charge in [0.05, 0.1) is 13.5 Å². The minimum Gasteiger partial charge on any atom is -0.497 e. The third-order valence-corrected chi connectivity index (χ3v) is 4.95. The Morgan fingerprint density at radius 3 is 2.59 bits per heavy atom. The molecule has 6 nitrogen and oxygen atoms in total. The number of rotatable bonds is 8. The highest BCUT2D eigenvalue weighted by Gasteiger charge is 2.12. The predicted molar refractivity (Wildman–Crippen MR) is 110 cm³/mol. The molecule has 0 unspecified atom stereocenters. The van der Waals surface area contributed by atoms with E-state index in [0.29, 0.717) is 11.3 Å². The molecule has 0 spiro atoms. The van der Waals surface area contributed by atoms with Crippen molar-refractivity contribution in [2.45, 2.75) is 6.42 Å². The number of carbonyl (C=O) groups excluding carboxylic acids is 2. The number of hydrogen-bond donors (Lipinski definition) is 2.